The zero-order valence-corrected chi connectivity index (χ0v) is 6.73. The van der Waals surface area contributed by atoms with Crippen LogP contribution in [0.25, 0.3) is 0 Å². The quantitative estimate of drug-likeness (QED) is 0.619. The first-order valence-corrected chi connectivity index (χ1v) is 3.45. The number of aromatic nitrogens is 2. The molecule has 0 fully saturated rings. The summed E-state index contributed by atoms with van der Waals surface area (Å²) in [5, 5.41) is 12.2. The maximum absolute atomic E-state index is 8.64. The van der Waals surface area contributed by atoms with E-state index in [1.165, 1.54) is 7.11 Å². The van der Waals surface area contributed by atoms with Crippen LogP contribution in [0.1, 0.15) is 17.8 Å². The lowest BCUT2D eigenvalue weighted by molar-refractivity contribution is 0.174. The SMILES string of the molecule is COCc1noc(C(N)CO)n1. The van der Waals surface area contributed by atoms with Crippen molar-refractivity contribution in [3.05, 3.63) is 11.7 Å². The number of aliphatic hydroxyl groups excluding tert-OH is 1. The van der Waals surface area contributed by atoms with Crippen LogP contribution in [0.5, 0.6) is 0 Å². The fourth-order valence-corrected chi connectivity index (χ4v) is 0.684. The number of aliphatic hydroxyl groups is 1. The van der Waals surface area contributed by atoms with Gasteiger partial charge in [-0.1, -0.05) is 5.16 Å². The van der Waals surface area contributed by atoms with Crippen molar-refractivity contribution in [2.24, 2.45) is 5.73 Å². The van der Waals surface area contributed by atoms with E-state index in [0.29, 0.717) is 5.82 Å². The Balaban J connectivity index is 2.63. The van der Waals surface area contributed by atoms with Gasteiger partial charge in [-0.2, -0.15) is 4.98 Å². The van der Waals surface area contributed by atoms with Crippen molar-refractivity contribution < 1.29 is 14.4 Å². The van der Waals surface area contributed by atoms with Crippen LogP contribution in [0.2, 0.25) is 0 Å². The summed E-state index contributed by atoms with van der Waals surface area (Å²) in [7, 11) is 1.53. The third-order valence-corrected chi connectivity index (χ3v) is 1.27. The number of ether oxygens (including phenoxy) is 1. The minimum Gasteiger partial charge on any atom is -0.394 e. The van der Waals surface area contributed by atoms with Gasteiger partial charge in [0.25, 0.3) is 0 Å². The standard InChI is InChI=1S/C6H11N3O3/c1-11-3-5-8-6(12-9-5)4(7)2-10/h4,10H,2-3,7H2,1H3. The zero-order valence-electron chi connectivity index (χ0n) is 6.73. The predicted molar refractivity (Wildman–Crippen MR) is 39.0 cm³/mol. The summed E-state index contributed by atoms with van der Waals surface area (Å²) >= 11 is 0. The van der Waals surface area contributed by atoms with E-state index in [-0.39, 0.29) is 19.1 Å². The molecule has 0 aliphatic rings. The van der Waals surface area contributed by atoms with Crippen molar-refractivity contribution in [3.63, 3.8) is 0 Å². The van der Waals surface area contributed by atoms with Crippen LogP contribution in [0.3, 0.4) is 0 Å². The van der Waals surface area contributed by atoms with Gasteiger partial charge in [-0.15, -0.1) is 0 Å². The Morgan fingerprint density at radius 1 is 1.75 bits per heavy atom. The molecule has 0 saturated carbocycles. The molecule has 1 aromatic heterocycles. The van der Waals surface area contributed by atoms with E-state index in [1.807, 2.05) is 0 Å². The smallest absolute Gasteiger partial charge is 0.246 e. The van der Waals surface area contributed by atoms with E-state index >= 15 is 0 Å². The summed E-state index contributed by atoms with van der Waals surface area (Å²) in [6.07, 6.45) is 0. The minimum atomic E-state index is -0.608. The van der Waals surface area contributed by atoms with Crippen LogP contribution < -0.4 is 5.73 Å². The number of hydrogen-bond acceptors (Lipinski definition) is 6. The predicted octanol–water partition coefficient (Wildman–Crippen LogP) is -0.792. The van der Waals surface area contributed by atoms with Gasteiger partial charge >= 0.3 is 0 Å². The van der Waals surface area contributed by atoms with Crippen LogP contribution in [-0.4, -0.2) is 29.0 Å². The average molecular weight is 173 g/mol. The van der Waals surface area contributed by atoms with Gasteiger partial charge in [-0.25, -0.2) is 0 Å². The molecule has 1 unspecified atom stereocenters. The number of methoxy groups -OCH3 is 1. The molecular weight excluding hydrogens is 162 g/mol. The molecule has 12 heavy (non-hydrogen) atoms. The fraction of sp³-hybridized carbons (Fsp3) is 0.667. The van der Waals surface area contributed by atoms with Crippen molar-refractivity contribution in [2.75, 3.05) is 13.7 Å². The van der Waals surface area contributed by atoms with Crippen LogP contribution in [0.15, 0.2) is 4.52 Å². The Labute approximate surface area is 69.3 Å². The van der Waals surface area contributed by atoms with Gasteiger partial charge in [0.1, 0.15) is 12.6 Å². The molecule has 0 bridgehead atoms. The van der Waals surface area contributed by atoms with E-state index in [4.69, 9.17) is 20.1 Å². The van der Waals surface area contributed by atoms with Gasteiger partial charge < -0.3 is 20.1 Å². The van der Waals surface area contributed by atoms with E-state index in [0.717, 1.165) is 0 Å². The molecule has 0 aromatic carbocycles. The summed E-state index contributed by atoms with van der Waals surface area (Å²) in [6, 6.07) is -0.608. The topological polar surface area (TPSA) is 94.4 Å². The van der Waals surface area contributed by atoms with Gasteiger partial charge in [0.15, 0.2) is 5.82 Å². The Morgan fingerprint density at radius 3 is 3.08 bits per heavy atom. The van der Waals surface area contributed by atoms with Crippen molar-refractivity contribution in [2.45, 2.75) is 12.6 Å². The second-order valence-electron chi connectivity index (χ2n) is 2.27. The van der Waals surface area contributed by atoms with Crippen LogP contribution in [0.4, 0.5) is 0 Å². The first-order valence-electron chi connectivity index (χ1n) is 3.45. The molecular formula is C6H11N3O3. The normalized spacial score (nSPS) is 13.2. The number of nitrogens with zero attached hydrogens (tertiary/aromatic N) is 2. The van der Waals surface area contributed by atoms with Gasteiger partial charge in [-0.3, -0.25) is 0 Å². The van der Waals surface area contributed by atoms with E-state index in [1.54, 1.807) is 0 Å². The zero-order chi connectivity index (χ0) is 8.97. The maximum Gasteiger partial charge on any atom is 0.246 e. The molecule has 0 aliphatic carbocycles. The Bertz CT molecular complexity index is 238. The Morgan fingerprint density at radius 2 is 2.50 bits per heavy atom. The summed E-state index contributed by atoms with van der Waals surface area (Å²) in [5.74, 6) is 0.654. The van der Waals surface area contributed by atoms with Crippen LogP contribution in [0, 0.1) is 0 Å². The third kappa shape index (κ3) is 2.00. The molecule has 0 amide bonds. The van der Waals surface area contributed by atoms with Crippen molar-refractivity contribution in [3.8, 4) is 0 Å². The average Bonchev–Trinajstić information content (AvgIpc) is 2.52. The van der Waals surface area contributed by atoms with Crippen LogP contribution >= 0.6 is 0 Å². The number of nitrogens with two attached hydrogens (primary N) is 1. The Kier molecular flexibility index (Phi) is 3.15. The second kappa shape index (κ2) is 4.15. The van der Waals surface area contributed by atoms with Gasteiger partial charge in [0.05, 0.1) is 6.61 Å². The second-order valence-corrected chi connectivity index (χ2v) is 2.27. The number of hydrogen-bond donors (Lipinski definition) is 2. The highest BCUT2D eigenvalue weighted by Crippen LogP contribution is 2.06. The summed E-state index contributed by atoms with van der Waals surface area (Å²) in [6.45, 7) is 0.0657. The largest absolute Gasteiger partial charge is 0.394 e. The molecule has 3 N–H and O–H groups in total. The van der Waals surface area contributed by atoms with E-state index < -0.39 is 6.04 Å². The molecule has 0 spiro atoms. The highest BCUT2D eigenvalue weighted by atomic mass is 16.5. The van der Waals surface area contributed by atoms with E-state index in [2.05, 4.69) is 10.1 Å². The van der Waals surface area contributed by atoms with Crippen molar-refractivity contribution in [1.29, 1.82) is 0 Å². The molecule has 1 rings (SSSR count). The number of rotatable bonds is 4. The third-order valence-electron chi connectivity index (χ3n) is 1.27. The van der Waals surface area contributed by atoms with Crippen molar-refractivity contribution in [1.82, 2.24) is 10.1 Å². The lowest BCUT2D eigenvalue weighted by Crippen LogP contribution is -2.14. The highest BCUT2D eigenvalue weighted by molar-refractivity contribution is 4.90. The van der Waals surface area contributed by atoms with E-state index in [9.17, 15) is 0 Å². The molecule has 1 heterocycles. The lowest BCUT2D eigenvalue weighted by Gasteiger charge is -1.98. The Hall–Kier alpha value is -0.980. The molecule has 68 valence electrons. The summed E-state index contributed by atoms with van der Waals surface area (Å²) in [4.78, 5) is 3.88. The van der Waals surface area contributed by atoms with Crippen molar-refractivity contribution >= 4 is 0 Å². The van der Waals surface area contributed by atoms with Gasteiger partial charge in [0.2, 0.25) is 5.89 Å². The highest BCUT2D eigenvalue weighted by Gasteiger charge is 2.12. The molecule has 0 radical (unpaired) electrons. The minimum absolute atomic E-state index is 0.214. The summed E-state index contributed by atoms with van der Waals surface area (Å²) in [5.41, 5.74) is 5.42. The van der Waals surface area contributed by atoms with Crippen LogP contribution in [-0.2, 0) is 11.3 Å². The first-order chi connectivity index (χ1) is 5.77. The molecule has 6 heteroatoms. The molecule has 0 saturated heterocycles. The molecule has 0 aliphatic heterocycles. The molecule has 1 atom stereocenters. The van der Waals surface area contributed by atoms with Gasteiger partial charge in [0, 0.05) is 7.11 Å². The fourth-order valence-electron chi connectivity index (χ4n) is 0.684. The molecule has 1 aromatic rings. The first kappa shape index (κ1) is 9.11. The monoisotopic (exact) mass is 173 g/mol. The van der Waals surface area contributed by atoms with Gasteiger partial charge in [-0.05, 0) is 0 Å². The lowest BCUT2D eigenvalue weighted by atomic mass is 10.3. The maximum atomic E-state index is 8.64. The molecule has 6 nitrogen and oxygen atoms in total. The summed E-state index contributed by atoms with van der Waals surface area (Å²) < 4.78 is 9.51.